The van der Waals surface area contributed by atoms with Crippen molar-refractivity contribution in [1.29, 1.82) is 0 Å². The normalized spacial score (nSPS) is 10.7. The van der Waals surface area contributed by atoms with Crippen LogP contribution in [0.2, 0.25) is 0 Å². The second kappa shape index (κ2) is 6.44. The van der Waals surface area contributed by atoms with Gasteiger partial charge in [0.2, 0.25) is 0 Å². The Morgan fingerprint density at radius 2 is 1.60 bits per heavy atom. The van der Waals surface area contributed by atoms with E-state index in [1.54, 1.807) is 13.8 Å². The van der Waals surface area contributed by atoms with Gasteiger partial charge in [-0.15, -0.1) is 0 Å². The van der Waals surface area contributed by atoms with Crippen LogP contribution >= 0.6 is 7.82 Å². The standard InChI is InChI=1S/C4H11O4P.Zn/c1-3-7-9(5,6)8-4-2;/h3-4H2,1-2H3,(H,5,6);/q;+1/p-1. The van der Waals surface area contributed by atoms with E-state index < -0.39 is 7.82 Å². The molecule has 0 aliphatic rings. The average molecular weight is 218 g/mol. The van der Waals surface area contributed by atoms with Gasteiger partial charge in [-0.05, 0) is 13.8 Å². The van der Waals surface area contributed by atoms with Crippen molar-refractivity contribution in [2.24, 2.45) is 0 Å². The molecule has 6 heteroatoms. The molecule has 0 aromatic heterocycles. The minimum absolute atomic E-state index is 0. The molecule has 0 aromatic carbocycles. The Kier molecular flexibility index (Phi) is 8.59. The molecule has 10 heavy (non-hydrogen) atoms. The molecule has 0 spiro atoms. The molecule has 0 fully saturated rings. The fourth-order valence-electron chi connectivity index (χ4n) is 0.353. The number of rotatable bonds is 4. The minimum atomic E-state index is -3.94. The van der Waals surface area contributed by atoms with Crippen LogP contribution in [-0.2, 0) is 33.1 Å². The van der Waals surface area contributed by atoms with Gasteiger partial charge in [0.1, 0.15) is 0 Å². The molecule has 0 rings (SSSR count). The summed E-state index contributed by atoms with van der Waals surface area (Å²) < 4.78 is 18.9. The van der Waals surface area contributed by atoms with Crippen molar-refractivity contribution in [3.05, 3.63) is 0 Å². The Bertz CT molecular complexity index is 108. The molecule has 1 radical (unpaired) electrons. The van der Waals surface area contributed by atoms with Crippen molar-refractivity contribution in [2.45, 2.75) is 13.8 Å². The Morgan fingerprint density at radius 3 is 1.80 bits per heavy atom. The van der Waals surface area contributed by atoms with Crippen molar-refractivity contribution in [1.82, 2.24) is 0 Å². The number of hydrogen-bond acceptors (Lipinski definition) is 4. The first-order valence-corrected chi connectivity index (χ1v) is 4.18. The van der Waals surface area contributed by atoms with Crippen LogP contribution in [0.4, 0.5) is 0 Å². The van der Waals surface area contributed by atoms with Crippen LogP contribution in [0.1, 0.15) is 13.8 Å². The van der Waals surface area contributed by atoms with Crippen LogP contribution in [-0.4, -0.2) is 13.2 Å². The molecule has 0 aliphatic carbocycles. The van der Waals surface area contributed by atoms with E-state index >= 15 is 0 Å². The number of hydrogen-bond donors (Lipinski definition) is 0. The van der Waals surface area contributed by atoms with Crippen LogP contribution in [0.15, 0.2) is 0 Å². The summed E-state index contributed by atoms with van der Waals surface area (Å²) in [5.74, 6) is 0. The summed E-state index contributed by atoms with van der Waals surface area (Å²) in [5, 5.41) is 0. The summed E-state index contributed by atoms with van der Waals surface area (Å²) in [6.45, 7) is 3.43. The molecule has 0 saturated heterocycles. The van der Waals surface area contributed by atoms with Gasteiger partial charge in [-0.2, -0.15) is 0 Å². The van der Waals surface area contributed by atoms with Gasteiger partial charge in [0.15, 0.2) is 0 Å². The summed E-state index contributed by atoms with van der Waals surface area (Å²) in [6.07, 6.45) is 0. The van der Waals surface area contributed by atoms with Gasteiger partial charge in [-0.3, -0.25) is 4.57 Å². The maximum atomic E-state index is 10.4. The predicted molar refractivity (Wildman–Crippen MR) is 30.9 cm³/mol. The third kappa shape index (κ3) is 6.85. The second-order valence-electron chi connectivity index (χ2n) is 1.28. The smallest absolute Gasteiger partial charge is 0.756 e. The topological polar surface area (TPSA) is 58.6 Å². The van der Waals surface area contributed by atoms with Crippen molar-refractivity contribution in [3.8, 4) is 0 Å². The SMILES string of the molecule is CCOP(=O)([O-])OCC.[Zn+]. The molecule has 0 bridgehead atoms. The molecular weight excluding hydrogens is 208 g/mol. The molecule has 0 amide bonds. The average Bonchev–Trinajstić information content (AvgIpc) is 1.64. The summed E-state index contributed by atoms with van der Waals surface area (Å²) >= 11 is 0. The van der Waals surface area contributed by atoms with Gasteiger partial charge < -0.3 is 13.9 Å². The second-order valence-corrected chi connectivity index (χ2v) is 2.69. The molecular formula is C4H10O4PZn. The molecule has 0 N–H and O–H groups in total. The summed E-state index contributed by atoms with van der Waals surface area (Å²) in [4.78, 5) is 10.4. The molecule has 0 heterocycles. The zero-order valence-electron chi connectivity index (χ0n) is 6.20. The molecule has 0 saturated carbocycles. The van der Waals surface area contributed by atoms with E-state index in [9.17, 15) is 9.46 Å². The Hall–Kier alpha value is 0.733. The first kappa shape index (κ1) is 13.3. The van der Waals surface area contributed by atoms with Crippen LogP contribution in [0.25, 0.3) is 0 Å². The molecule has 57 valence electrons. The third-order valence-electron chi connectivity index (χ3n) is 0.574. The van der Waals surface area contributed by atoms with E-state index in [-0.39, 0.29) is 32.7 Å². The van der Waals surface area contributed by atoms with Crippen LogP contribution in [0, 0.1) is 0 Å². The Morgan fingerprint density at radius 1 is 1.30 bits per heavy atom. The predicted octanol–water partition coefficient (Wildman–Crippen LogP) is 0.525. The largest absolute Gasteiger partial charge is 1.00 e. The van der Waals surface area contributed by atoms with E-state index in [1.165, 1.54) is 0 Å². The van der Waals surface area contributed by atoms with Gasteiger partial charge in [-0.1, -0.05) is 0 Å². The van der Waals surface area contributed by atoms with Gasteiger partial charge in [-0.25, -0.2) is 0 Å². The fourth-order valence-corrected chi connectivity index (χ4v) is 1.06. The summed E-state index contributed by atoms with van der Waals surface area (Å²) in [6, 6.07) is 0. The van der Waals surface area contributed by atoms with Gasteiger partial charge in [0, 0.05) is 0 Å². The maximum Gasteiger partial charge on any atom is 1.00 e. The van der Waals surface area contributed by atoms with E-state index in [1.807, 2.05) is 0 Å². The Balaban J connectivity index is 0. The first-order valence-electron chi connectivity index (χ1n) is 2.72. The molecule has 0 unspecified atom stereocenters. The van der Waals surface area contributed by atoms with Crippen molar-refractivity contribution < 1.29 is 38.0 Å². The van der Waals surface area contributed by atoms with E-state index in [0.29, 0.717) is 0 Å². The first-order chi connectivity index (χ1) is 4.12. The van der Waals surface area contributed by atoms with E-state index in [2.05, 4.69) is 9.05 Å². The zero-order valence-corrected chi connectivity index (χ0v) is 10.1. The van der Waals surface area contributed by atoms with Gasteiger partial charge >= 0.3 is 19.5 Å². The van der Waals surface area contributed by atoms with E-state index in [0.717, 1.165) is 0 Å². The Labute approximate surface area is 73.3 Å². The van der Waals surface area contributed by atoms with Gasteiger partial charge in [0.05, 0.1) is 13.2 Å². The van der Waals surface area contributed by atoms with Crippen LogP contribution in [0.5, 0.6) is 0 Å². The number of phosphoric ester groups is 1. The van der Waals surface area contributed by atoms with Crippen LogP contribution < -0.4 is 4.89 Å². The van der Waals surface area contributed by atoms with Crippen molar-refractivity contribution in [2.75, 3.05) is 13.2 Å². The van der Waals surface area contributed by atoms with Crippen molar-refractivity contribution >= 4 is 7.82 Å². The molecule has 4 nitrogen and oxygen atoms in total. The molecule has 0 aromatic rings. The van der Waals surface area contributed by atoms with E-state index in [4.69, 9.17) is 0 Å². The summed E-state index contributed by atoms with van der Waals surface area (Å²) in [5.41, 5.74) is 0. The monoisotopic (exact) mass is 217 g/mol. The fraction of sp³-hybridized carbons (Fsp3) is 1.00. The molecule has 0 atom stereocenters. The number of phosphoric acid groups is 1. The minimum Gasteiger partial charge on any atom is -0.756 e. The third-order valence-corrected chi connectivity index (χ3v) is 1.72. The quantitative estimate of drug-likeness (QED) is 0.510. The maximum absolute atomic E-state index is 10.4. The van der Waals surface area contributed by atoms with Crippen molar-refractivity contribution in [3.63, 3.8) is 0 Å². The summed E-state index contributed by atoms with van der Waals surface area (Å²) in [7, 11) is -3.94. The van der Waals surface area contributed by atoms with Gasteiger partial charge in [0.25, 0.3) is 7.82 Å². The molecule has 0 aliphatic heterocycles. The van der Waals surface area contributed by atoms with Crippen LogP contribution in [0.3, 0.4) is 0 Å². The zero-order chi connectivity index (χ0) is 7.33.